The minimum atomic E-state index is -0.588. The second kappa shape index (κ2) is 12.8. The van der Waals surface area contributed by atoms with Crippen LogP contribution in [0.4, 0.5) is 0 Å². The lowest BCUT2D eigenvalue weighted by atomic mass is 9.70. The van der Waals surface area contributed by atoms with Gasteiger partial charge in [-0.2, -0.15) is 0 Å². The zero-order valence-corrected chi connectivity index (χ0v) is 24.9. The Kier molecular flexibility index (Phi) is 10.1. The number of fused-ring (bicyclic) bond motifs is 2. The van der Waals surface area contributed by atoms with Crippen LogP contribution in [0.1, 0.15) is 85.6 Å². The first kappa shape index (κ1) is 31.7. The molecule has 4 rings (SSSR count). The van der Waals surface area contributed by atoms with E-state index in [0.29, 0.717) is 31.7 Å². The number of carbonyl (C=O) groups excluding carboxylic acids is 3. The molecular formula is C31H48N2O7. The topological polar surface area (TPSA) is 136 Å². The van der Waals surface area contributed by atoms with Gasteiger partial charge >= 0.3 is 5.97 Å². The standard InChI is InChI=1S/C22H36N2O4.C9H12O3/c1-6-14(2)18(23-13-25)19(26)24-11-7-8-16(24)20(27)28-17-12-15-9-10-22(17,5)21(15,3)4;1-6(10)4-7-2-3-8(11)9(12)5-7/h13-18H,6-12H2,1-5H3,(H,23,25);2-3,5-6,10-12H,4H2,1H3. The number of phenolic OH excluding ortho intramolecular Hbond substituents is 2. The van der Waals surface area contributed by atoms with E-state index in [4.69, 9.17) is 20.1 Å². The van der Waals surface area contributed by atoms with Crippen molar-refractivity contribution < 1.29 is 34.4 Å². The van der Waals surface area contributed by atoms with Gasteiger partial charge in [0.2, 0.25) is 12.3 Å². The monoisotopic (exact) mass is 560 g/mol. The Morgan fingerprint density at radius 3 is 2.40 bits per heavy atom. The fourth-order valence-corrected chi connectivity index (χ4v) is 6.81. The normalized spacial score (nSPS) is 28.7. The van der Waals surface area contributed by atoms with Crippen LogP contribution in [0, 0.1) is 22.7 Å². The van der Waals surface area contributed by atoms with Crippen LogP contribution in [-0.2, 0) is 25.5 Å². The number of ether oxygens (including phenoxy) is 1. The van der Waals surface area contributed by atoms with Crippen LogP contribution in [0.25, 0.3) is 0 Å². The average molecular weight is 561 g/mol. The highest BCUT2D eigenvalue weighted by Gasteiger charge is 2.63. The summed E-state index contributed by atoms with van der Waals surface area (Å²) in [7, 11) is 0. The van der Waals surface area contributed by atoms with E-state index in [9.17, 15) is 14.4 Å². The van der Waals surface area contributed by atoms with Crippen LogP contribution in [0.5, 0.6) is 11.5 Å². The number of hydrogen-bond donors (Lipinski definition) is 4. The van der Waals surface area contributed by atoms with Crippen molar-refractivity contribution in [1.82, 2.24) is 10.2 Å². The molecule has 0 aromatic heterocycles. The predicted molar refractivity (Wildman–Crippen MR) is 151 cm³/mol. The van der Waals surface area contributed by atoms with Crippen molar-refractivity contribution in [3.63, 3.8) is 0 Å². The van der Waals surface area contributed by atoms with Gasteiger partial charge in [0.1, 0.15) is 18.2 Å². The third-order valence-corrected chi connectivity index (χ3v) is 10.1. The smallest absolute Gasteiger partial charge is 0.329 e. The molecule has 40 heavy (non-hydrogen) atoms. The van der Waals surface area contributed by atoms with Gasteiger partial charge in [-0.3, -0.25) is 9.59 Å². The minimum absolute atomic E-state index is 0.0130. The first-order valence-corrected chi connectivity index (χ1v) is 14.7. The highest BCUT2D eigenvalue weighted by Crippen LogP contribution is 2.66. The van der Waals surface area contributed by atoms with E-state index < -0.39 is 18.2 Å². The molecule has 7 atom stereocenters. The molecule has 2 bridgehead atoms. The third kappa shape index (κ3) is 6.40. The molecule has 0 radical (unpaired) electrons. The quantitative estimate of drug-likeness (QED) is 0.204. The maximum Gasteiger partial charge on any atom is 0.329 e. The van der Waals surface area contributed by atoms with Gasteiger partial charge in [-0.15, -0.1) is 0 Å². The Labute approximate surface area is 238 Å². The van der Waals surface area contributed by atoms with Crippen molar-refractivity contribution in [3.05, 3.63) is 23.8 Å². The van der Waals surface area contributed by atoms with Crippen LogP contribution in [0.2, 0.25) is 0 Å². The van der Waals surface area contributed by atoms with Crippen molar-refractivity contribution in [3.8, 4) is 11.5 Å². The molecule has 1 aromatic carbocycles. The molecule has 2 aliphatic carbocycles. The second-order valence-electron chi connectivity index (χ2n) is 12.7. The number of carbonyl (C=O) groups is 3. The molecule has 7 unspecified atom stereocenters. The Bertz CT molecular complexity index is 1060. The SMILES string of the molecule is CC(O)Cc1ccc(O)c(O)c1.CCC(C)C(NC=O)C(=O)N1CCCC1C(=O)OC1CC2CCC1(C)C2(C)C. The summed E-state index contributed by atoms with van der Waals surface area (Å²) in [5.41, 5.74) is 0.998. The summed E-state index contributed by atoms with van der Waals surface area (Å²) >= 11 is 0. The number of nitrogens with zero attached hydrogens (tertiary/aromatic N) is 1. The summed E-state index contributed by atoms with van der Waals surface area (Å²) in [5, 5.41) is 29.7. The highest BCUT2D eigenvalue weighted by molar-refractivity contribution is 5.89. The summed E-state index contributed by atoms with van der Waals surface area (Å²) in [4.78, 5) is 38.8. The number of phenols is 2. The van der Waals surface area contributed by atoms with Gasteiger partial charge < -0.3 is 30.3 Å². The van der Waals surface area contributed by atoms with E-state index in [0.717, 1.165) is 31.2 Å². The molecule has 2 amide bonds. The van der Waals surface area contributed by atoms with E-state index in [1.54, 1.807) is 17.9 Å². The van der Waals surface area contributed by atoms with Crippen molar-refractivity contribution in [1.29, 1.82) is 0 Å². The number of aromatic hydroxyl groups is 2. The van der Waals surface area contributed by atoms with E-state index in [1.807, 2.05) is 13.8 Å². The predicted octanol–water partition coefficient (Wildman–Crippen LogP) is 3.92. The van der Waals surface area contributed by atoms with E-state index >= 15 is 0 Å². The molecule has 3 aliphatic rings. The fraction of sp³-hybridized carbons (Fsp3) is 0.710. The zero-order chi connectivity index (χ0) is 29.8. The molecule has 1 heterocycles. The molecule has 0 spiro atoms. The van der Waals surface area contributed by atoms with Crippen LogP contribution < -0.4 is 5.32 Å². The first-order chi connectivity index (χ1) is 18.8. The second-order valence-corrected chi connectivity index (χ2v) is 12.7. The van der Waals surface area contributed by atoms with Gasteiger partial charge in [-0.1, -0.05) is 47.1 Å². The van der Waals surface area contributed by atoms with Gasteiger partial charge in [0, 0.05) is 12.0 Å². The summed E-state index contributed by atoms with van der Waals surface area (Å²) in [6.45, 7) is 13.0. The lowest BCUT2D eigenvalue weighted by Crippen LogP contribution is -2.53. The van der Waals surface area contributed by atoms with Crippen molar-refractivity contribution in [2.24, 2.45) is 22.7 Å². The maximum absolute atomic E-state index is 13.1. The largest absolute Gasteiger partial charge is 0.504 e. The molecule has 1 saturated heterocycles. The molecule has 2 saturated carbocycles. The Morgan fingerprint density at radius 1 is 1.18 bits per heavy atom. The van der Waals surface area contributed by atoms with E-state index in [2.05, 4.69) is 26.1 Å². The van der Waals surface area contributed by atoms with Crippen LogP contribution >= 0.6 is 0 Å². The third-order valence-electron chi connectivity index (χ3n) is 10.1. The van der Waals surface area contributed by atoms with E-state index in [-0.39, 0.29) is 46.2 Å². The summed E-state index contributed by atoms with van der Waals surface area (Å²) in [6, 6.07) is 3.41. The maximum atomic E-state index is 13.1. The average Bonchev–Trinajstić information content (AvgIpc) is 3.52. The summed E-state index contributed by atoms with van der Waals surface area (Å²) in [5.74, 6) is -0.101. The first-order valence-electron chi connectivity index (χ1n) is 14.7. The number of likely N-dealkylation sites (tertiary alicyclic amines) is 1. The van der Waals surface area contributed by atoms with Gasteiger partial charge in [0.15, 0.2) is 11.5 Å². The molecule has 224 valence electrons. The zero-order valence-electron chi connectivity index (χ0n) is 24.9. The highest BCUT2D eigenvalue weighted by atomic mass is 16.5. The fourth-order valence-electron chi connectivity index (χ4n) is 6.81. The molecule has 9 nitrogen and oxygen atoms in total. The van der Waals surface area contributed by atoms with Gasteiger partial charge in [-0.05, 0) is 80.4 Å². The van der Waals surface area contributed by atoms with Crippen LogP contribution in [-0.4, -0.2) is 69.3 Å². The molecule has 3 fully saturated rings. The van der Waals surface area contributed by atoms with Crippen LogP contribution in [0.3, 0.4) is 0 Å². The molecule has 4 N–H and O–H groups in total. The van der Waals surface area contributed by atoms with Crippen molar-refractivity contribution >= 4 is 18.3 Å². The number of esters is 1. The summed E-state index contributed by atoms with van der Waals surface area (Å²) in [6.07, 6.45) is 5.98. The molecule has 9 heteroatoms. The number of aliphatic hydroxyl groups is 1. The molecule has 1 aromatic rings. The number of aliphatic hydroxyl groups excluding tert-OH is 1. The molecule has 1 aliphatic heterocycles. The lowest BCUT2D eigenvalue weighted by Gasteiger charge is -2.39. The van der Waals surface area contributed by atoms with Crippen molar-refractivity contribution in [2.75, 3.05) is 6.54 Å². The minimum Gasteiger partial charge on any atom is -0.504 e. The van der Waals surface area contributed by atoms with Crippen LogP contribution in [0.15, 0.2) is 18.2 Å². The number of benzene rings is 1. The Hall–Kier alpha value is -2.81. The summed E-state index contributed by atoms with van der Waals surface area (Å²) < 4.78 is 6.05. The Morgan fingerprint density at radius 2 is 1.88 bits per heavy atom. The van der Waals surface area contributed by atoms with Gasteiger partial charge in [0.05, 0.1) is 6.10 Å². The lowest BCUT2D eigenvalue weighted by molar-refractivity contribution is -0.165. The van der Waals surface area contributed by atoms with Gasteiger partial charge in [0.25, 0.3) is 0 Å². The van der Waals surface area contributed by atoms with E-state index in [1.165, 1.54) is 18.6 Å². The van der Waals surface area contributed by atoms with Crippen molar-refractivity contribution in [2.45, 2.75) is 111 Å². The number of rotatable bonds is 9. The number of amides is 2. The Balaban J connectivity index is 0.000000307. The number of nitrogens with one attached hydrogen (secondary N) is 1. The van der Waals surface area contributed by atoms with Gasteiger partial charge in [-0.25, -0.2) is 4.79 Å². The molecular weight excluding hydrogens is 512 g/mol. The number of hydrogen-bond acceptors (Lipinski definition) is 7.